The summed E-state index contributed by atoms with van der Waals surface area (Å²) in [6, 6.07) is 11.7. The van der Waals surface area contributed by atoms with Crippen molar-refractivity contribution in [1.82, 2.24) is 19.9 Å². The maximum absolute atomic E-state index is 13.4. The summed E-state index contributed by atoms with van der Waals surface area (Å²) in [6.45, 7) is 4.76. The Kier molecular flexibility index (Phi) is 5.52. The molecule has 0 saturated heterocycles. The topological polar surface area (TPSA) is 98.8 Å². The number of likely N-dealkylation sites (N-methyl/N-ethyl adjacent to an activating group) is 1. The fourth-order valence-electron chi connectivity index (χ4n) is 5.21. The number of nitrogens with zero attached hydrogens (tertiary/aromatic N) is 3. The van der Waals surface area contributed by atoms with Gasteiger partial charge in [0.1, 0.15) is 0 Å². The summed E-state index contributed by atoms with van der Waals surface area (Å²) >= 11 is 1.38. The molecule has 10 heteroatoms. The van der Waals surface area contributed by atoms with Crippen LogP contribution in [0.25, 0.3) is 33.8 Å². The van der Waals surface area contributed by atoms with Gasteiger partial charge in [-0.2, -0.15) is 0 Å². The Balaban J connectivity index is 1.50. The molecule has 0 fully saturated rings. The quantitative estimate of drug-likeness (QED) is 0.302. The number of thioether (sulfide) groups is 1. The van der Waals surface area contributed by atoms with Crippen molar-refractivity contribution in [2.45, 2.75) is 18.6 Å². The number of aromatic amines is 1. The molecule has 3 aliphatic heterocycles. The van der Waals surface area contributed by atoms with Gasteiger partial charge in [0, 0.05) is 24.2 Å². The lowest BCUT2D eigenvalue weighted by Crippen LogP contribution is -2.31. The van der Waals surface area contributed by atoms with E-state index in [4.69, 9.17) is 28.9 Å². The highest BCUT2D eigenvalue weighted by molar-refractivity contribution is 7.98. The molecule has 5 heterocycles. The van der Waals surface area contributed by atoms with Crippen LogP contribution in [-0.2, 0) is 6.54 Å². The van der Waals surface area contributed by atoms with Crippen LogP contribution in [0.5, 0.6) is 23.0 Å². The summed E-state index contributed by atoms with van der Waals surface area (Å²) in [5, 5.41) is 1.000. The van der Waals surface area contributed by atoms with Crippen molar-refractivity contribution in [3.05, 3.63) is 63.6 Å². The van der Waals surface area contributed by atoms with Gasteiger partial charge in [0.25, 0.3) is 5.56 Å². The number of ether oxygens (including phenoxy) is 4. The molecular weight excluding hydrogens is 504 g/mol. The maximum Gasteiger partial charge on any atom is 0.261 e. The summed E-state index contributed by atoms with van der Waals surface area (Å²) in [6.07, 6.45) is 4.01. The molecular formula is C28H24N4O5S. The average molecular weight is 529 g/mol. The van der Waals surface area contributed by atoms with Gasteiger partial charge in [0.15, 0.2) is 33.8 Å². The minimum absolute atomic E-state index is 0.180. The van der Waals surface area contributed by atoms with E-state index < -0.39 is 0 Å². The summed E-state index contributed by atoms with van der Waals surface area (Å²) in [4.78, 5) is 28.4. The third-order valence-electron chi connectivity index (χ3n) is 7.05. The molecule has 1 N–H and O–H groups in total. The summed E-state index contributed by atoms with van der Waals surface area (Å²) in [5.74, 6) is 2.82. The minimum Gasteiger partial charge on any atom is -0.454 e. The highest BCUT2D eigenvalue weighted by Gasteiger charge is 2.29. The number of pyridine rings is 1. The fraction of sp³-hybridized carbons (Fsp3) is 0.250. The molecule has 2 aromatic heterocycles. The van der Waals surface area contributed by atoms with E-state index in [1.54, 1.807) is 0 Å². The van der Waals surface area contributed by atoms with E-state index in [1.807, 2.05) is 42.7 Å². The van der Waals surface area contributed by atoms with Crippen LogP contribution >= 0.6 is 11.8 Å². The number of nitrogens with one attached hydrogen (secondary N) is 1. The smallest absolute Gasteiger partial charge is 0.261 e. The second-order valence-corrected chi connectivity index (χ2v) is 10.0. The summed E-state index contributed by atoms with van der Waals surface area (Å²) in [7, 11) is 0. The molecule has 0 aliphatic carbocycles. The molecule has 2 aromatic carbocycles. The van der Waals surface area contributed by atoms with E-state index in [9.17, 15) is 4.79 Å². The monoisotopic (exact) mass is 528 g/mol. The third-order valence-corrected chi connectivity index (χ3v) is 7.63. The number of benzene rings is 2. The second-order valence-electron chi connectivity index (χ2n) is 9.24. The highest BCUT2D eigenvalue weighted by atomic mass is 32.2. The predicted molar refractivity (Wildman–Crippen MR) is 145 cm³/mol. The van der Waals surface area contributed by atoms with E-state index in [0.29, 0.717) is 34.2 Å². The van der Waals surface area contributed by atoms with Crippen molar-refractivity contribution < 1.29 is 18.9 Å². The van der Waals surface area contributed by atoms with Crippen LogP contribution in [-0.4, -0.2) is 52.8 Å². The van der Waals surface area contributed by atoms with Gasteiger partial charge in [-0.1, -0.05) is 30.8 Å². The van der Waals surface area contributed by atoms with E-state index in [2.05, 4.69) is 22.9 Å². The normalized spacial score (nSPS) is 16.8. The highest BCUT2D eigenvalue weighted by Crippen LogP contribution is 2.42. The Labute approximate surface area is 222 Å². The number of H-pyrrole nitrogens is 1. The van der Waals surface area contributed by atoms with E-state index in [0.717, 1.165) is 58.1 Å². The third kappa shape index (κ3) is 3.79. The molecule has 3 aliphatic rings. The zero-order valence-corrected chi connectivity index (χ0v) is 21.7. The molecule has 192 valence electrons. The molecule has 0 saturated carbocycles. The number of hydrogen-bond acceptors (Lipinski definition) is 9. The average Bonchev–Trinajstić information content (AvgIpc) is 3.60. The van der Waals surface area contributed by atoms with Crippen LogP contribution in [0.15, 0.2) is 46.3 Å². The first kappa shape index (κ1) is 23.1. The Morgan fingerprint density at radius 3 is 2.47 bits per heavy atom. The maximum atomic E-state index is 13.4. The van der Waals surface area contributed by atoms with E-state index in [-0.39, 0.29) is 19.1 Å². The van der Waals surface area contributed by atoms with Gasteiger partial charge in [0.05, 0.1) is 11.1 Å². The van der Waals surface area contributed by atoms with E-state index >= 15 is 0 Å². The molecule has 4 aromatic rings. The molecule has 9 nitrogen and oxygen atoms in total. The van der Waals surface area contributed by atoms with Crippen molar-refractivity contribution in [2.24, 2.45) is 0 Å². The number of hydrogen-bond donors (Lipinski definition) is 1. The van der Waals surface area contributed by atoms with Crippen LogP contribution in [0, 0.1) is 0 Å². The molecule has 0 unspecified atom stereocenters. The van der Waals surface area contributed by atoms with Crippen LogP contribution in [0.2, 0.25) is 0 Å². The first-order chi connectivity index (χ1) is 18.6. The SMILES string of the molecule is CCN1C/C(=C\c2ccc3c(c2)OCO3)c2nc3nc(SC)[nH]c(=O)c3c(-c3ccc4c(c3)OCO4)c2C1. The zero-order chi connectivity index (χ0) is 25.8. The Hall–Kier alpha value is -4.02. The van der Waals surface area contributed by atoms with Crippen molar-refractivity contribution in [2.75, 3.05) is 32.9 Å². The van der Waals surface area contributed by atoms with Crippen LogP contribution < -0.4 is 24.5 Å². The summed E-state index contributed by atoms with van der Waals surface area (Å²) < 4.78 is 22.3. The first-order valence-corrected chi connectivity index (χ1v) is 13.6. The molecule has 0 amide bonds. The lowest BCUT2D eigenvalue weighted by molar-refractivity contribution is 0.173. The summed E-state index contributed by atoms with van der Waals surface area (Å²) in [5.41, 5.74) is 5.76. The van der Waals surface area contributed by atoms with Gasteiger partial charge < -0.3 is 23.9 Å². The first-order valence-electron chi connectivity index (χ1n) is 12.3. The number of aromatic nitrogens is 3. The molecule has 0 spiro atoms. The lowest BCUT2D eigenvalue weighted by Gasteiger charge is -2.31. The molecule has 0 radical (unpaired) electrons. The van der Waals surface area contributed by atoms with Gasteiger partial charge in [-0.3, -0.25) is 9.69 Å². The Morgan fingerprint density at radius 1 is 0.974 bits per heavy atom. The largest absolute Gasteiger partial charge is 0.454 e. The molecule has 0 atom stereocenters. The number of rotatable bonds is 4. The van der Waals surface area contributed by atoms with Crippen LogP contribution in [0.4, 0.5) is 0 Å². The van der Waals surface area contributed by atoms with Gasteiger partial charge in [-0.25, -0.2) is 9.97 Å². The van der Waals surface area contributed by atoms with E-state index in [1.165, 1.54) is 11.8 Å². The van der Waals surface area contributed by atoms with Gasteiger partial charge in [0.2, 0.25) is 13.6 Å². The number of fused-ring (bicyclic) bond motifs is 4. The van der Waals surface area contributed by atoms with Gasteiger partial charge >= 0.3 is 0 Å². The second kappa shape index (κ2) is 9.07. The fourth-order valence-corrected chi connectivity index (χ4v) is 5.59. The van der Waals surface area contributed by atoms with Crippen molar-refractivity contribution >= 4 is 34.4 Å². The van der Waals surface area contributed by atoms with Crippen LogP contribution in [0.3, 0.4) is 0 Å². The van der Waals surface area contributed by atoms with Crippen molar-refractivity contribution in [3.63, 3.8) is 0 Å². The molecule has 0 bridgehead atoms. The van der Waals surface area contributed by atoms with Crippen molar-refractivity contribution in [3.8, 4) is 34.1 Å². The molecule has 7 rings (SSSR count). The Bertz CT molecular complexity index is 1700. The zero-order valence-electron chi connectivity index (χ0n) is 20.9. The lowest BCUT2D eigenvalue weighted by atomic mass is 9.89. The van der Waals surface area contributed by atoms with Gasteiger partial charge in [-0.15, -0.1) is 0 Å². The standard InChI is InChI=1S/C28H24N4O5S/c1-3-32-11-17(8-15-4-6-19-21(9-15)36-13-34-19)25-18(12-32)23(16-5-7-20-22(10-16)37-14-35-20)24-26(29-25)30-28(38-2)31-27(24)33/h4-10H,3,11-14H2,1-2H3,(H,29,30,31,33)/b17-8+. The molecule has 38 heavy (non-hydrogen) atoms. The van der Waals surface area contributed by atoms with Crippen LogP contribution in [0.1, 0.15) is 23.7 Å². The van der Waals surface area contributed by atoms with Crippen molar-refractivity contribution in [1.29, 1.82) is 0 Å². The predicted octanol–water partition coefficient (Wildman–Crippen LogP) is 4.54. The minimum atomic E-state index is -0.211. The van der Waals surface area contributed by atoms with Gasteiger partial charge in [-0.05, 0) is 59.8 Å². The Morgan fingerprint density at radius 2 is 1.71 bits per heavy atom.